The van der Waals surface area contributed by atoms with Crippen LogP contribution in [0, 0.1) is 5.92 Å². The monoisotopic (exact) mass is 361 g/mol. The van der Waals surface area contributed by atoms with Crippen molar-refractivity contribution in [2.24, 2.45) is 5.92 Å². The van der Waals surface area contributed by atoms with Gasteiger partial charge in [-0.2, -0.15) is 0 Å². The molecule has 1 unspecified atom stereocenters. The number of nitrogens with one attached hydrogen (secondary N) is 1. The van der Waals surface area contributed by atoms with Gasteiger partial charge in [0.05, 0.1) is 18.8 Å². The van der Waals surface area contributed by atoms with Gasteiger partial charge in [-0.15, -0.1) is 11.3 Å². The van der Waals surface area contributed by atoms with Gasteiger partial charge in [0.1, 0.15) is 0 Å². The number of hydrogen-bond donors (Lipinski definition) is 2. The molecule has 1 aromatic heterocycles. The Balaban J connectivity index is 1.56. The molecule has 0 amide bonds. The number of aliphatic hydroxyl groups excluding tert-OH is 1. The van der Waals surface area contributed by atoms with E-state index >= 15 is 0 Å². The van der Waals surface area contributed by atoms with Gasteiger partial charge >= 0.3 is 0 Å². The minimum absolute atomic E-state index is 0.354. The summed E-state index contributed by atoms with van der Waals surface area (Å²) in [6.07, 6.45) is 4.73. The van der Waals surface area contributed by atoms with Crippen LogP contribution in [0.4, 0.5) is 0 Å². The summed E-state index contributed by atoms with van der Waals surface area (Å²) in [4.78, 5) is 1.26. The van der Waals surface area contributed by atoms with E-state index in [0.29, 0.717) is 19.3 Å². The van der Waals surface area contributed by atoms with Gasteiger partial charge in [0.25, 0.3) is 0 Å². The predicted octanol–water partition coefficient (Wildman–Crippen LogP) is 3.56. The number of rotatable bonds is 7. The molecule has 20 heavy (non-hydrogen) atoms. The van der Waals surface area contributed by atoms with Crippen LogP contribution in [0.25, 0.3) is 0 Å². The van der Waals surface area contributed by atoms with Crippen molar-refractivity contribution >= 4 is 27.3 Å². The molecule has 2 N–H and O–H groups in total. The van der Waals surface area contributed by atoms with Gasteiger partial charge < -0.3 is 15.2 Å². The second-order valence-electron chi connectivity index (χ2n) is 5.69. The highest BCUT2D eigenvalue weighted by atomic mass is 79.9. The second kappa shape index (κ2) is 8.49. The minimum atomic E-state index is -0.423. The van der Waals surface area contributed by atoms with Crippen molar-refractivity contribution in [3.8, 4) is 0 Å². The van der Waals surface area contributed by atoms with Gasteiger partial charge in [0.2, 0.25) is 0 Å². The average Bonchev–Trinajstić information content (AvgIpc) is 2.84. The quantitative estimate of drug-likeness (QED) is 0.779. The molecule has 3 nitrogen and oxygen atoms in total. The van der Waals surface area contributed by atoms with Crippen molar-refractivity contribution < 1.29 is 9.84 Å². The summed E-state index contributed by atoms with van der Waals surface area (Å²) in [6, 6.07) is 2.05. The Kier molecular flexibility index (Phi) is 6.97. The maximum absolute atomic E-state index is 9.93. The van der Waals surface area contributed by atoms with Crippen LogP contribution < -0.4 is 5.32 Å². The molecule has 1 heterocycles. The molecule has 0 spiro atoms. The van der Waals surface area contributed by atoms with Crippen molar-refractivity contribution in [2.45, 2.75) is 51.4 Å². The van der Waals surface area contributed by atoms with Gasteiger partial charge in [-0.1, -0.05) is 6.92 Å². The van der Waals surface area contributed by atoms with Gasteiger partial charge in [0.15, 0.2) is 0 Å². The molecule has 0 bridgehead atoms. The fraction of sp³-hybridized carbons (Fsp3) is 0.733. The molecule has 1 saturated carbocycles. The average molecular weight is 362 g/mol. The zero-order valence-electron chi connectivity index (χ0n) is 12.0. The summed E-state index contributed by atoms with van der Waals surface area (Å²) in [6.45, 7) is 4.11. The van der Waals surface area contributed by atoms with E-state index in [2.05, 4.69) is 33.6 Å². The number of aliphatic hydroxyl groups is 1. The molecule has 0 radical (unpaired) electrons. The van der Waals surface area contributed by atoms with E-state index in [4.69, 9.17) is 4.74 Å². The zero-order chi connectivity index (χ0) is 14.4. The first-order valence-corrected chi connectivity index (χ1v) is 9.04. The lowest BCUT2D eigenvalue weighted by molar-refractivity contribution is -0.0278. The van der Waals surface area contributed by atoms with Crippen LogP contribution in [-0.2, 0) is 11.3 Å². The topological polar surface area (TPSA) is 41.5 Å². The molecule has 5 heteroatoms. The molecule has 1 aliphatic carbocycles. The van der Waals surface area contributed by atoms with E-state index in [-0.39, 0.29) is 0 Å². The van der Waals surface area contributed by atoms with E-state index in [1.54, 1.807) is 11.3 Å². The summed E-state index contributed by atoms with van der Waals surface area (Å²) < 4.78 is 6.94. The van der Waals surface area contributed by atoms with E-state index in [9.17, 15) is 5.11 Å². The number of hydrogen-bond acceptors (Lipinski definition) is 4. The first-order valence-electron chi connectivity index (χ1n) is 7.37. The summed E-state index contributed by atoms with van der Waals surface area (Å²) >= 11 is 5.22. The fourth-order valence-electron chi connectivity index (χ4n) is 2.51. The Hall–Kier alpha value is 0.0600. The molecule has 1 fully saturated rings. The maximum atomic E-state index is 9.93. The lowest BCUT2D eigenvalue weighted by Crippen LogP contribution is -2.32. The lowest BCUT2D eigenvalue weighted by Gasteiger charge is -2.27. The molecule has 0 aromatic carbocycles. The molecule has 1 aromatic rings. The third kappa shape index (κ3) is 5.45. The van der Waals surface area contributed by atoms with E-state index in [1.165, 1.54) is 17.7 Å². The van der Waals surface area contributed by atoms with E-state index in [1.807, 2.05) is 6.07 Å². The molecule has 1 atom stereocenters. The third-order valence-electron chi connectivity index (χ3n) is 3.84. The highest BCUT2D eigenvalue weighted by Gasteiger charge is 2.19. The van der Waals surface area contributed by atoms with Crippen LogP contribution in [0.1, 0.15) is 37.5 Å². The maximum Gasteiger partial charge on any atom is 0.0897 e. The van der Waals surface area contributed by atoms with Crippen molar-refractivity contribution in [3.63, 3.8) is 0 Å². The Labute approximate surface area is 133 Å². The fourth-order valence-corrected chi connectivity index (χ4v) is 3.97. The molecule has 2 rings (SSSR count). The molecular weight excluding hydrogens is 338 g/mol. The SMILES string of the molecule is CC1CCC(OCC(O)CNCc2sccc2Br)CC1. The Morgan fingerprint density at radius 3 is 2.85 bits per heavy atom. The van der Waals surface area contributed by atoms with Crippen LogP contribution in [0.5, 0.6) is 0 Å². The normalized spacial score (nSPS) is 24.8. The van der Waals surface area contributed by atoms with Gasteiger partial charge in [-0.25, -0.2) is 0 Å². The van der Waals surface area contributed by atoms with Crippen molar-refractivity contribution in [2.75, 3.05) is 13.2 Å². The predicted molar refractivity (Wildman–Crippen MR) is 87.1 cm³/mol. The summed E-state index contributed by atoms with van der Waals surface area (Å²) in [5, 5.41) is 15.3. The van der Waals surface area contributed by atoms with Gasteiger partial charge in [-0.3, -0.25) is 0 Å². The van der Waals surface area contributed by atoms with Crippen LogP contribution in [0.15, 0.2) is 15.9 Å². The number of halogens is 1. The number of thiophene rings is 1. The van der Waals surface area contributed by atoms with Crippen molar-refractivity contribution in [1.29, 1.82) is 0 Å². The summed E-state index contributed by atoms with van der Waals surface area (Å²) in [7, 11) is 0. The van der Waals surface area contributed by atoms with Gasteiger partial charge in [0, 0.05) is 22.4 Å². The third-order valence-corrected chi connectivity index (χ3v) is 5.77. The summed E-state index contributed by atoms with van der Waals surface area (Å²) in [5.41, 5.74) is 0. The molecule has 114 valence electrons. The van der Waals surface area contributed by atoms with Crippen LogP contribution in [0.2, 0.25) is 0 Å². The number of ether oxygens (including phenoxy) is 1. The molecular formula is C15H24BrNO2S. The Bertz CT molecular complexity index is 391. The molecule has 0 aliphatic heterocycles. The highest BCUT2D eigenvalue weighted by Crippen LogP contribution is 2.25. The first-order chi connectivity index (χ1) is 9.65. The first kappa shape index (κ1) is 16.4. The van der Waals surface area contributed by atoms with E-state index in [0.717, 1.165) is 29.8 Å². The smallest absolute Gasteiger partial charge is 0.0897 e. The van der Waals surface area contributed by atoms with Crippen LogP contribution >= 0.6 is 27.3 Å². The standard InChI is InChI=1S/C15H24BrNO2S/c1-11-2-4-13(5-3-11)19-10-12(18)8-17-9-15-14(16)6-7-20-15/h6-7,11-13,17-18H,2-5,8-10H2,1H3. The molecule has 0 saturated heterocycles. The van der Waals surface area contributed by atoms with Crippen molar-refractivity contribution in [1.82, 2.24) is 5.32 Å². The second-order valence-corrected chi connectivity index (χ2v) is 7.55. The largest absolute Gasteiger partial charge is 0.389 e. The van der Waals surface area contributed by atoms with Crippen LogP contribution in [-0.4, -0.2) is 30.5 Å². The minimum Gasteiger partial charge on any atom is -0.389 e. The van der Waals surface area contributed by atoms with Crippen molar-refractivity contribution in [3.05, 3.63) is 20.8 Å². The Morgan fingerprint density at radius 1 is 1.45 bits per heavy atom. The van der Waals surface area contributed by atoms with Crippen LogP contribution in [0.3, 0.4) is 0 Å². The highest BCUT2D eigenvalue weighted by molar-refractivity contribution is 9.10. The van der Waals surface area contributed by atoms with E-state index < -0.39 is 6.10 Å². The van der Waals surface area contributed by atoms with Gasteiger partial charge in [-0.05, 0) is 59.0 Å². The lowest BCUT2D eigenvalue weighted by atomic mass is 9.89. The summed E-state index contributed by atoms with van der Waals surface area (Å²) in [5.74, 6) is 0.839. The molecule has 1 aliphatic rings. The Morgan fingerprint density at radius 2 is 2.20 bits per heavy atom. The zero-order valence-corrected chi connectivity index (χ0v) is 14.4.